The summed E-state index contributed by atoms with van der Waals surface area (Å²) in [4.78, 5) is 14.7. The number of fused-ring (bicyclic) bond motifs is 1. The number of ether oxygens (including phenoxy) is 2. The largest absolute Gasteiger partial charge is 0.488 e. The zero-order chi connectivity index (χ0) is 22.7. The molecule has 1 fully saturated rings. The van der Waals surface area contributed by atoms with Crippen LogP contribution in [0.1, 0.15) is 44.7 Å². The average molecular weight is 435 g/mol. The first-order valence-electron chi connectivity index (χ1n) is 11.5. The summed E-state index contributed by atoms with van der Waals surface area (Å²) in [5.74, 6) is 1.49. The molecule has 0 N–H and O–H groups in total. The molecule has 170 valence electrons. The van der Waals surface area contributed by atoms with Crippen molar-refractivity contribution in [3.05, 3.63) is 65.9 Å². The minimum atomic E-state index is -0.489. The van der Waals surface area contributed by atoms with Gasteiger partial charge in [-0.1, -0.05) is 36.4 Å². The fraction of sp³-hybridized carbons (Fsp3) is 0.444. The molecule has 1 aliphatic carbocycles. The summed E-state index contributed by atoms with van der Waals surface area (Å²) in [5.41, 5.74) is 2.98. The van der Waals surface area contributed by atoms with Gasteiger partial charge in [-0.25, -0.2) is 4.79 Å². The first-order chi connectivity index (χ1) is 15.3. The van der Waals surface area contributed by atoms with Crippen LogP contribution >= 0.6 is 0 Å². The van der Waals surface area contributed by atoms with Crippen molar-refractivity contribution in [3.63, 3.8) is 0 Å². The summed E-state index contributed by atoms with van der Waals surface area (Å²) < 4.78 is 14.1. The van der Waals surface area contributed by atoms with Gasteiger partial charge in [0.25, 0.3) is 0 Å². The molecule has 3 aromatic rings. The quantitative estimate of drug-likeness (QED) is 0.440. The highest BCUT2D eigenvalue weighted by Gasteiger charge is 2.29. The molecule has 0 spiro atoms. The Hall–Kier alpha value is -2.95. The molecule has 0 aliphatic heterocycles. The molecule has 0 unspecified atom stereocenters. The van der Waals surface area contributed by atoms with Crippen LogP contribution in [0.2, 0.25) is 0 Å². The number of aryl methyl sites for hydroxylation is 1. The van der Waals surface area contributed by atoms with E-state index in [0.29, 0.717) is 19.1 Å². The van der Waals surface area contributed by atoms with Gasteiger partial charge in [-0.15, -0.1) is 0 Å². The second-order valence-electron chi connectivity index (χ2n) is 9.81. The maximum atomic E-state index is 12.8. The van der Waals surface area contributed by atoms with Gasteiger partial charge in [-0.3, -0.25) is 0 Å². The predicted octanol–water partition coefficient (Wildman–Crippen LogP) is 5.95. The Morgan fingerprint density at radius 2 is 1.84 bits per heavy atom. The lowest BCUT2D eigenvalue weighted by atomic mass is 10.1. The highest BCUT2D eigenvalue weighted by molar-refractivity contribution is 5.90. The van der Waals surface area contributed by atoms with Gasteiger partial charge in [0.1, 0.15) is 18.0 Å². The summed E-state index contributed by atoms with van der Waals surface area (Å²) in [5, 5.41) is 1.13. The van der Waals surface area contributed by atoms with Crippen LogP contribution in [-0.4, -0.2) is 34.3 Å². The molecule has 1 saturated carbocycles. The Balaban J connectivity index is 1.53. The van der Waals surface area contributed by atoms with E-state index >= 15 is 0 Å². The third kappa shape index (κ3) is 5.64. The smallest absolute Gasteiger partial charge is 0.410 e. The Labute approximate surface area is 190 Å². The molecule has 5 heteroatoms. The first kappa shape index (κ1) is 22.3. The number of hydrogen-bond donors (Lipinski definition) is 0. The van der Waals surface area contributed by atoms with E-state index in [4.69, 9.17) is 9.47 Å². The molecule has 32 heavy (non-hydrogen) atoms. The third-order valence-corrected chi connectivity index (χ3v) is 5.77. The summed E-state index contributed by atoms with van der Waals surface area (Å²) in [6.07, 6.45) is 5.10. The molecular formula is C27H34N2O3. The lowest BCUT2D eigenvalue weighted by Gasteiger charge is -2.27. The van der Waals surface area contributed by atoms with Crippen molar-refractivity contribution in [1.29, 1.82) is 0 Å². The summed E-state index contributed by atoms with van der Waals surface area (Å²) in [6.45, 7) is 7.69. The van der Waals surface area contributed by atoms with E-state index in [-0.39, 0.29) is 6.09 Å². The van der Waals surface area contributed by atoms with Crippen molar-refractivity contribution < 1.29 is 14.3 Å². The van der Waals surface area contributed by atoms with Crippen LogP contribution in [0.15, 0.2) is 54.7 Å². The topological polar surface area (TPSA) is 43.7 Å². The number of carbonyl (C=O) groups excluding carboxylic acids is 1. The Morgan fingerprint density at radius 3 is 2.53 bits per heavy atom. The third-order valence-electron chi connectivity index (χ3n) is 5.77. The van der Waals surface area contributed by atoms with E-state index in [1.54, 1.807) is 0 Å². The van der Waals surface area contributed by atoms with Crippen molar-refractivity contribution in [2.45, 2.75) is 52.2 Å². The summed E-state index contributed by atoms with van der Waals surface area (Å²) in [7, 11) is 2.06. The first-order valence-corrected chi connectivity index (χ1v) is 11.5. The standard InChI is InChI=1S/C27H34N2O3/c1-27(2,3)32-26(30)29(17-20-13-14-20)16-15-22-18-28(4)23-11-8-12-24(25(22)23)31-19-21-9-6-5-7-10-21/h5-12,18,20H,13-17,19H2,1-4H3. The van der Waals surface area contributed by atoms with Gasteiger partial charge in [0.15, 0.2) is 0 Å². The molecule has 0 radical (unpaired) electrons. The lowest BCUT2D eigenvalue weighted by Crippen LogP contribution is -2.39. The van der Waals surface area contributed by atoms with Crippen LogP contribution in [0.25, 0.3) is 10.9 Å². The van der Waals surface area contributed by atoms with Gasteiger partial charge >= 0.3 is 6.09 Å². The van der Waals surface area contributed by atoms with Crippen LogP contribution in [0, 0.1) is 5.92 Å². The molecular weight excluding hydrogens is 400 g/mol. The van der Waals surface area contributed by atoms with Gasteiger partial charge in [0.2, 0.25) is 0 Å². The van der Waals surface area contributed by atoms with E-state index in [1.165, 1.54) is 18.4 Å². The molecule has 5 nitrogen and oxygen atoms in total. The van der Waals surface area contributed by atoms with Crippen LogP contribution in [0.4, 0.5) is 4.79 Å². The van der Waals surface area contributed by atoms with E-state index < -0.39 is 5.60 Å². The number of amides is 1. The normalized spacial score (nSPS) is 13.9. The molecule has 1 amide bonds. The minimum absolute atomic E-state index is 0.217. The van der Waals surface area contributed by atoms with E-state index in [1.807, 2.05) is 56.0 Å². The van der Waals surface area contributed by atoms with Gasteiger partial charge in [0.05, 0.1) is 5.52 Å². The highest BCUT2D eigenvalue weighted by Crippen LogP contribution is 2.33. The number of benzene rings is 2. The highest BCUT2D eigenvalue weighted by atomic mass is 16.6. The molecule has 2 aromatic carbocycles. The zero-order valence-electron chi connectivity index (χ0n) is 19.6. The number of carbonyl (C=O) groups is 1. The Kier molecular flexibility index (Phi) is 6.45. The Morgan fingerprint density at radius 1 is 1.09 bits per heavy atom. The van der Waals surface area contributed by atoms with Crippen LogP contribution in [0.5, 0.6) is 5.75 Å². The molecule has 0 saturated heterocycles. The van der Waals surface area contributed by atoms with Gasteiger partial charge in [0, 0.05) is 31.7 Å². The predicted molar refractivity (Wildman–Crippen MR) is 128 cm³/mol. The molecule has 1 heterocycles. The molecule has 0 bridgehead atoms. The van der Waals surface area contributed by atoms with E-state index in [0.717, 1.165) is 35.2 Å². The van der Waals surface area contributed by atoms with Crippen LogP contribution < -0.4 is 4.74 Å². The fourth-order valence-corrected chi connectivity index (χ4v) is 4.00. The monoisotopic (exact) mass is 434 g/mol. The van der Waals surface area contributed by atoms with Crippen molar-refractivity contribution in [3.8, 4) is 5.75 Å². The van der Waals surface area contributed by atoms with Gasteiger partial charge in [-0.2, -0.15) is 0 Å². The number of hydrogen-bond acceptors (Lipinski definition) is 3. The zero-order valence-corrected chi connectivity index (χ0v) is 19.6. The van der Waals surface area contributed by atoms with Crippen molar-refractivity contribution in [2.75, 3.05) is 13.1 Å². The van der Waals surface area contributed by atoms with Crippen molar-refractivity contribution in [1.82, 2.24) is 9.47 Å². The maximum Gasteiger partial charge on any atom is 0.410 e. The summed E-state index contributed by atoms with van der Waals surface area (Å²) >= 11 is 0. The van der Waals surface area contributed by atoms with E-state index in [9.17, 15) is 4.79 Å². The summed E-state index contributed by atoms with van der Waals surface area (Å²) in [6, 6.07) is 16.4. The molecule has 4 rings (SSSR count). The molecule has 1 aliphatic rings. The molecule has 0 atom stereocenters. The second kappa shape index (κ2) is 9.27. The van der Waals surface area contributed by atoms with Crippen LogP contribution in [0.3, 0.4) is 0 Å². The average Bonchev–Trinajstić information content (AvgIpc) is 3.51. The second-order valence-corrected chi connectivity index (χ2v) is 9.81. The Bertz CT molecular complexity index is 1060. The number of aromatic nitrogens is 1. The van der Waals surface area contributed by atoms with Crippen molar-refractivity contribution in [2.24, 2.45) is 13.0 Å². The SMILES string of the molecule is Cn1cc(CCN(CC2CC2)C(=O)OC(C)(C)C)c2c(OCc3ccccc3)cccc21. The van der Waals surface area contributed by atoms with Gasteiger partial charge in [-0.05, 0) is 69.2 Å². The lowest BCUT2D eigenvalue weighted by molar-refractivity contribution is 0.0243. The van der Waals surface area contributed by atoms with Crippen molar-refractivity contribution >= 4 is 17.0 Å². The fourth-order valence-electron chi connectivity index (χ4n) is 4.00. The van der Waals surface area contributed by atoms with Gasteiger partial charge < -0.3 is 18.9 Å². The number of nitrogens with zero attached hydrogens (tertiary/aromatic N) is 2. The van der Waals surface area contributed by atoms with Crippen LogP contribution in [-0.2, 0) is 24.8 Å². The van der Waals surface area contributed by atoms with E-state index in [2.05, 4.69) is 36.0 Å². The molecule has 1 aromatic heterocycles. The maximum absolute atomic E-state index is 12.8. The number of rotatable bonds is 8. The minimum Gasteiger partial charge on any atom is -0.488 e.